The van der Waals surface area contributed by atoms with Gasteiger partial charge in [0.2, 0.25) is 5.91 Å². The number of aliphatic hydroxyl groups is 1. The van der Waals surface area contributed by atoms with Crippen LogP contribution in [0.5, 0.6) is 5.75 Å². The molecule has 0 bridgehead atoms. The Bertz CT molecular complexity index is 457. The van der Waals surface area contributed by atoms with Crippen LogP contribution in [0, 0.1) is 6.92 Å². The van der Waals surface area contributed by atoms with E-state index < -0.39 is 0 Å². The van der Waals surface area contributed by atoms with Crippen molar-refractivity contribution in [3.63, 3.8) is 0 Å². The van der Waals surface area contributed by atoms with Gasteiger partial charge in [-0.25, -0.2) is 0 Å². The average molecular weight is 292 g/mol. The van der Waals surface area contributed by atoms with Gasteiger partial charge in [0, 0.05) is 32.7 Å². The third kappa shape index (κ3) is 4.72. The van der Waals surface area contributed by atoms with E-state index in [0.717, 1.165) is 37.5 Å². The minimum atomic E-state index is 0.146. The van der Waals surface area contributed by atoms with Crippen LogP contribution in [0.2, 0.25) is 0 Å². The topological polar surface area (TPSA) is 53.0 Å². The van der Waals surface area contributed by atoms with Gasteiger partial charge in [0.1, 0.15) is 5.75 Å². The Kier molecular flexibility index (Phi) is 6.02. The summed E-state index contributed by atoms with van der Waals surface area (Å²) < 4.78 is 5.67. The van der Waals surface area contributed by atoms with Crippen molar-refractivity contribution >= 4 is 5.91 Å². The van der Waals surface area contributed by atoms with Gasteiger partial charge in [-0.15, -0.1) is 0 Å². The van der Waals surface area contributed by atoms with Gasteiger partial charge in [-0.1, -0.05) is 18.2 Å². The van der Waals surface area contributed by atoms with Crippen LogP contribution in [0.4, 0.5) is 0 Å². The van der Waals surface area contributed by atoms with Crippen molar-refractivity contribution in [2.75, 3.05) is 45.9 Å². The zero-order valence-corrected chi connectivity index (χ0v) is 12.6. The van der Waals surface area contributed by atoms with Crippen molar-refractivity contribution in [2.45, 2.75) is 13.3 Å². The van der Waals surface area contributed by atoms with Crippen molar-refractivity contribution in [1.29, 1.82) is 0 Å². The van der Waals surface area contributed by atoms with E-state index in [1.54, 1.807) is 0 Å². The Balaban J connectivity index is 1.70. The summed E-state index contributed by atoms with van der Waals surface area (Å²) in [6.07, 6.45) is 0.411. The Morgan fingerprint density at radius 2 is 1.95 bits per heavy atom. The number of nitrogens with zero attached hydrogens (tertiary/aromatic N) is 2. The quantitative estimate of drug-likeness (QED) is 0.846. The SMILES string of the molecule is Cc1ccccc1OCCC(=O)N1CCN(CCO)CC1. The van der Waals surface area contributed by atoms with Crippen molar-refractivity contribution in [3.05, 3.63) is 29.8 Å². The van der Waals surface area contributed by atoms with Crippen LogP contribution in [0.3, 0.4) is 0 Å². The van der Waals surface area contributed by atoms with E-state index >= 15 is 0 Å². The summed E-state index contributed by atoms with van der Waals surface area (Å²) in [6, 6.07) is 7.83. The predicted octanol–water partition coefficient (Wildman–Crippen LogP) is 0.900. The summed E-state index contributed by atoms with van der Waals surface area (Å²) in [5, 5.41) is 8.90. The smallest absolute Gasteiger partial charge is 0.226 e. The van der Waals surface area contributed by atoms with Crippen molar-refractivity contribution in [3.8, 4) is 5.75 Å². The minimum absolute atomic E-state index is 0.146. The maximum absolute atomic E-state index is 12.1. The molecule has 1 aromatic carbocycles. The lowest BCUT2D eigenvalue weighted by molar-refractivity contribution is -0.133. The normalized spacial score (nSPS) is 16.0. The van der Waals surface area contributed by atoms with E-state index in [9.17, 15) is 4.79 Å². The molecule has 0 unspecified atom stereocenters. The molecule has 5 nitrogen and oxygen atoms in total. The monoisotopic (exact) mass is 292 g/mol. The van der Waals surface area contributed by atoms with E-state index in [4.69, 9.17) is 9.84 Å². The van der Waals surface area contributed by atoms with Crippen LogP contribution in [0.25, 0.3) is 0 Å². The Hall–Kier alpha value is -1.59. The van der Waals surface area contributed by atoms with Crippen LogP contribution in [0.1, 0.15) is 12.0 Å². The number of β-amino-alcohol motifs (C(OH)–C–C–N with tert-alkyl or cyclic N) is 1. The molecule has 5 heteroatoms. The average Bonchev–Trinajstić information content (AvgIpc) is 2.50. The number of carbonyl (C=O) groups excluding carboxylic acids is 1. The molecule has 1 aromatic rings. The summed E-state index contributed by atoms with van der Waals surface area (Å²) >= 11 is 0. The first-order valence-corrected chi connectivity index (χ1v) is 7.50. The van der Waals surface area contributed by atoms with Crippen molar-refractivity contribution < 1.29 is 14.6 Å². The van der Waals surface area contributed by atoms with Gasteiger partial charge in [0.05, 0.1) is 19.6 Å². The fourth-order valence-electron chi connectivity index (χ4n) is 2.49. The van der Waals surface area contributed by atoms with Gasteiger partial charge >= 0.3 is 0 Å². The number of hydrogen-bond donors (Lipinski definition) is 1. The number of piperazine rings is 1. The highest BCUT2D eigenvalue weighted by Gasteiger charge is 2.20. The molecule has 0 saturated carbocycles. The molecule has 116 valence electrons. The Morgan fingerprint density at radius 1 is 1.24 bits per heavy atom. The number of carbonyl (C=O) groups is 1. The number of para-hydroxylation sites is 1. The number of amides is 1. The zero-order valence-electron chi connectivity index (χ0n) is 12.6. The predicted molar refractivity (Wildman–Crippen MR) is 81.4 cm³/mol. The lowest BCUT2D eigenvalue weighted by Gasteiger charge is -2.34. The van der Waals surface area contributed by atoms with Gasteiger partial charge in [-0.2, -0.15) is 0 Å². The number of benzene rings is 1. The molecule has 0 atom stereocenters. The third-order valence-corrected chi connectivity index (χ3v) is 3.81. The van der Waals surface area contributed by atoms with Crippen LogP contribution < -0.4 is 4.74 Å². The molecular weight excluding hydrogens is 268 g/mol. The van der Waals surface area contributed by atoms with Crippen LogP contribution >= 0.6 is 0 Å². The summed E-state index contributed by atoms with van der Waals surface area (Å²) in [6.45, 7) is 6.44. The molecule has 0 spiro atoms. The number of rotatable bonds is 6. The van der Waals surface area contributed by atoms with Gasteiger partial charge < -0.3 is 14.7 Å². The molecule has 1 fully saturated rings. The van der Waals surface area contributed by atoms with E-state index in [0.29, 0.717) is 19.6 Å². The molecule has 2 rings (SSSR count). The minimum Gasteiger partial charge on any atom is -0.493 e. The maximum atomic E-state index is 12.1. The highest BCUT2D eigenvalue weighted by atomic mass is 16.5. The fraction of sp³-hybridized carbons (Fsp3) is 0.562. The van der Waals surface area contributed by atoms with Crippen molar-refractivity contribution in [2.24, 2.45) is 0 Å². The first kappa shape index (κ1) is 15.8. The van der Waals surface area contributed by atoms with Crippen LogP contribution in [-0.2, 0) is 4.79 Å². The first-order chi connectivity index (χ1) is 10.2. The molecule has 0 radical (unpaired) electrons. The maximum Gasteiger partial charge on any atom is 0.226 e. The molecule has 0 aliphatic carbocycles. The van der Waals surface area contributed by atoms with Gasteiger partial charge in [0.25, 0.3) is 0 Å². The molecule has 21 heavy (non-hydrogen) atoms. The lowest BCUT2D eigenvalue weighted by Crippen LogP contribution is -2.49. The molecule has 1 heterocycles. The largest absolute Gasteiger partial charge is 0.493 e. The summed E-state index contributed by atoms with van der Waals surface area (Å²) in [5.74, 6) is 0.991. The van der Waals surface area contributed by atoms with Crippen LogP contribution in [0.15, 0.2) is 24.3 Å². The summed E-state index contributed by atoms with van der Waals surface area (Å²) in [5.41, 5.74) is 1.09. The number of ether oxygens (including phenoxy) is 1. The second-order valence-electron chi connectivity index (χ2n) is 5.31. The van der Waals surface area contributed by atoms with E-state index in [1.165, 1.54) is 0 Å². The van der Waals surface area contributed by atoms with Crippen molar-refractivity contribution in [1.82, 2.24) is 9.80 Å². The molecule has 1 saturated heterocycles. The summed E-state index contributed by atoms with van der Waals surface area (Å²) in [4.78, 5) is 16.2. The zero-order chi connectivity index (χ0) is 15.1. The third-order valence-electron chi connectivity index (χ3n) is 3.81. The first-order valence-electron chi connectivity index (χ1n) is 7.50. The fourth-order valence-corrected chi connectivity index (χ4v) is 2.49. The Morgan fingerprint density at radius 3 is 2.62 bits per heavy atom. The number of aliphatic hydroxyl groups excluding tert-OH is 1. The van der Waals surface area contributed by atoms with E-state index in [2.05, 4.69) is 4.90 Å². The highest BCUT2D eigenvalue weighted by molar-refractivity contribution is 5.76. The van der Waals surface area contributed by atoms with Gasteiger partial charge in [0.15, 0.2) is 0 Å². The summed E-state index contributed by atoms with van der Waals surface area (Å²) in [7, 11) is 0. The molecule has 0 aromatic heterocycles. The van der Waals surface area contributed by atoms with Crippen LogP contribution in [-0.4, -0.2) is 66.8 Å². The second kappa shape index (κ2) is 8.00. The molecule has 1 aliphatic rings. The highest BCUT2D eigenvalue weighted by Crippen LogP contribution is 2.16. The lowest BCUT2D eigenvalue weighted by atomic mass is 10.2. The van der Waals surface area contributed by atoms with Gasteiger partial charge in [-0.05, 0) is 18.6 Å². The second-order valence-corrected chi connectivity index (χ2v) is 5.31. The van der Waals surface area contributed by atoms with Gasteiger partial charge in [-0.3, -0.25) is 9.69 Å². The number of aryl methyl sites for hydroxylation is 1. The molecule has 1 aliphatic heterocycles. The molecule has 1 amide bonds. The number of hydrogen-bond acceptors (Lipinski definition) is 4. The Labute approximate surface area is 126 Å². The van der Waals surface area contributed by atoms with E-state index in [-0.39, 0.29) is 12.5 Å². The van der Waals surface area contributed by atoms with E-state index in [1.807, 2.05) is 36.1 Å². The standard InChI is InChI=1S/C16H24N2O3/c1-14-4-2-3-5-15(14)21-13-6-16(20)18-9-7-17(8-10-18)11-12-19/h2-5,19H,6-13H2,1H3. The molecular formula is C16H24N2O3. The molecule has 1 N–H and O–H groups in total.